The van der Waals surface area contributed by atoms with E-state index in [1.807, 2.05) is 37.3 Å². The van der Waals surface area contributed by atoms with Crippen molar-refractivity contribution in [3.8, 4) is 0 Å². The number of rotatable bonds is 4. The lowest BCUT2D eigenvalue weighted by molar-refractivity contribution is 0.112. The highest BCUT2D eigenvalue weighted by atomic mass is 16.1. The van der Waals surface area contributed by atoms with Crippen molar-refractivity contribution >= 4 is 17.9 Å². The Hall–Kier alpha value is -2.43. The second kappa shape index (κ2) is 5.27. The second-order valence-corrected chi connectivity index (χ2v) is 3.92. The molecule has 5 nitrogen and oxygen atoms in total. The van der Waals surface area contributed by atoms with Crippen molar-refractivity contribution in [2.24, 2.45) is 0 Å². The van der Waals surface area contributed by atoms with Crippen molar-refractivity contribution in [3.63, 3.8) is 0 Å². The Labute approximate surface area is 105 Å². The van der Waals surface area contributed by atoms with Crippen molar-refractivity contribution < 1.29 is 4.79 Å². The molecular formula is C13H14N4O. The highest BCUT2D eigenvalue weighted by Gasteiger charge is 2.11. The normalized spacial score (nSPS) is 11.8. The molecule has 0 aliphatic carbocycles. The van der Waals surface area contributed by atoms with Gasteiger partial charge in [-0.3, -0.25) is 4.79 Å². The van der Waals surface area contributed by atoms with E-state index in [0.29, 0.717) is 17.7 Å². The zero-order valence-electron chi connectivity index (χ0n) is 10.00. The fraction of sp³-hybridized carbons (Fsp3) is 0.154. The Balaban J connectivity index is 2.25. The Morgan fingerprint density at radius 3 is 2.67 bits per heavy atom. The SMILES string of the molecule is C[C@@H](Nc1ncnc(N)c1C=O)c1ccccc1. The quantitative estimate of drug-likeness (QED) is 0.802. The van der Waals surface area contributed by atoms with E-state index in [9.17, 15) is 4.79 Å². The molecule has 1 heterocycles. The number of hydrogen-bond acceptors (Lipinski definition) is 5. The van der Waals surface area contributed by atoms with Crippen molar-refractivity contribution in [3.05, 3.63) is 47.8 Å². The van der Waals surface area contributed by atoms with Crippen LogP contribution in [0.1, 0.15) is 28.9 Å². The van der Waals surface area contributed by atoms with E-state index in [0.717, 1.165) is 5.56 Å². The van der Waals surface area contributed by atoms with E-state index < -0.39 is 0 Å². The van der Waals surface area contributed by atoms with Gasteiger partial charge in [-0.25, -0.2) is 9.97 Å². The first-order chi connectivity index (χ1) is 8.72. The largest absolute Gasteiger partial charge is 0.383 e. The number of nitrogens with two attached hydrogens (primary N) is 1. The van der Waals surface area contributed by atoms with E-state index in [4.69, 9.17) is 5.73 Å². The van der Waals surface area contributed by atoms with Crippen molar-refractivity contribution in [1.29, 1.82) is 0 Å². The Morgan fingerprint density at radius 2 is 2.00 bits per heavy atom. The lowest BCUT2D eigenvalue weighted by Gasteiger charge is -2.16. The van der Waals surface area contributed by atoms with Gasteiger partial charge in [0.1, 0.15) is 18.0 Å². The molecule has 0 saturated carbocycles. The zero-order chi connectivity index (χ0) is 13.0. The van der Waals surface area contributed by atoms with Crippen LogP contribution >= 0.6 is 0 Å². The van der Waals surface area contributed by atoms with Gasteiger partial charge in [0.15, 0.2) is 6.29 Å². The molecule has 0 aliphatic heterocycles. The van der Waals surface area contributed by atoms with Crippen LogP contribution in [0.15, 0.2) is 36.7 Å². The number of aromatic nitrogens is 2. The van der Waals surface area contributed by atoms with E-state index in [1.54, 1.807) is 0 Å². The third-order valence-electron chi connectivity index (χ3n) is 2.69. The van der Waals surface area contributed by atoms with Gasteiger partial charge in [-0.1, -0.05) is 30.3 Å². The lowest BCUT2D eigenvalue weighted by atomic mass is 10.1. The lowest BCUT2D eigenvalue weighted by Crippen LogP contribution is -2.11. The van der Waals surface area contributed by atoms with Crippen LogP contribution in [0.3, 0.4) is 0 Å². The van der Waals surface area contributed by atoms with Gasteiger partial charge in [-0.15, -0.1) is 0 Å². The zero-order valence-corrected chi connectivity index (χ0v) is 10.00. The third kappa shape index (κ3) is 2.45. The molecular weight excluding hydrogens is 228 g/mol. The van der Waals surface area contributed by atoms with Crippen LogP contribution in [-0.2, 0) is 0 Å². The summed E-state index contributed by atoms with van der Waals surface area (Å²) in [5.41, 5.74) is 7.02. The number of nitrogens with one attached hydrogen (secondary N) is 1. The van der Waals surface area contributed by atoms with Gasteiger partial charge in [-0.05, 0) is 12.5 Å². The highest BCUT2D eigenvalue weighted by molar-refractivity contribution is 5.88. The van der Waals surface area contributed by atoms with Crippen LogP contribution in [0, 0.1) is 0 Å². The maximum atomic E-state index is 11.0. The summed E-state index contributed by atoms with van der Waals surface area (Å²) in [7, 11) is 0. The molecule has 18 heavy (non-hydrogen) atoms. The number of aldehydes is 1. The minimum absolute atomic E-state index is 0.0270. The molecule has 0 aliphatic rings. The average Bonchev–Trinajstić information content (AvgIpc) is 2.40. The first-order valence-corrected chi connectivity index (χ1v) is 5.59. The van der Waals surface area contributed by atoms with E-state index in [-0.39, 0.29) is 11.9 Å². The first kappa shape index (κ1) is 12.0. The maximum Gasteiger partial charge on any atom is 0.157 e. The monoisotopic (exact) mass is 242 g/mol. The Morgan fingerprint density at radius 1 is 1.28 bits per heavy atom. The molecule has 3 N–H and O–H groups in total. The van der Waals surface area contributed by atoms with Gasteiger partial charge in [0.2, 0.25) is 0 Å². The number of carbonyl (C=O) groups is 1. The summed E-state index contributed by atoms with van der Waals surface area (Å²) >= 11 is 0. The minimum Gasteiger partial charge on any atom is -0.383 e. The topological polar surface area (TPSA) is 80.9 Å². The molecule has 0 radical (unpaired) electrons. The van der Waals surface area contributed by atoms with E-state index in [1.165, 1.54) is 6.33 Å². The molecule has 0 saturated heterocycles. The summed E-state index contributed by atoms with van der Waals surface area (Å²) in [6, 6.07) is 9.91. The van der Waals surface area contributed by atoms with Crippen LogP contribution in [0.2, 0.25) is 0 Å². The fourth-order valence-electron chi connectivity index (χ4n) is 1.67. The molecule has 0 bridgehead atoms. The molecule has 92 valence electrons. The van der Waals surface area contributed by atoms with Gasteiger partial charge in [0.25, 0.3) is 0 Å². The smallest absolute Gasteiger partial charge is 0.157 e. The number of nitrogens with zero attached hydrogens (tertiary/aromatic N) is 2. The van der Waals surface area contributed by atoms with Crippen LogP contribution in [-0.4, -0.2) is 16.3 Å². The van der Waals surface area contributed by atoms with Crippen molar-refractivity contribution in [1.82, 2.24) is 9.97 Å². The molecule has 0 spiro atoms. The van der Waals surface area contributed by atoms with Gasteiger partial charge < -0.3 is 11.1 Å². The molecule has 1 atom stereocenters. The molecule has 0 fully saturated rings. The molecule has 0 amide bonds. The molecule has 2 rings (SSSR count). The van der Waals surface area contributed by atoms with Crippen LogP contribution < -0.4 is 11.1 Å². The van der Waals surface area contributed by atoms with Crippen molar-refractivity contribution in [2.45, 2.75) is 13.0 Å². The Kier molecular flexibility index (Phi) is 3.52. The van der Waals surface area contributed by atoms with Gasteiger partial charge in [0.05, 0.1) is 5.56 Å². The molecule has 0 unspecified atom stereocenters. The number of benzene rings is 1. The summed E-state index contributed by atoms with van der Waals surface area (Å²) < 4.78 is 0. The van der Waals surface area contributed by atoms with Crippen LogP contribution in [0.25, 0.3) is 0 Å². The number of hydrogen-bond donors (Lipinski definition) is 2. The van der Waals surface area contributed by atoms with Crippen molar-refractivity contribution in [2.75, 3.05) is 11.1 Å². The third-order valence-corrected chi connectivity index (χ3v) is 2.69. The summed E-state index contributed by atoms with van der Waals surface area (Å²) in [5.74, 6) is 0.636. The summed E-state index contributed by atoms with van der Waals surface area (Å²) in [6.45, 7) is 1.99. The maximum absolute atomic E-state index is 11.0. The summed E-state index contributed by atoms with van der Waals surface area (Å²) in [6.07, 6.45) is 2.00. The van der Waals surface area contributed by atoms with Crippen LogP contribution in [0.5, 0.6) is 0 Å². The van der Waals surface area contributed by atoms with Gasteiger partial charge >= 0.3 is 0 Å². The van der Waals surface area contributed by atoms with E-state index >= 15 is 0 Å². The van der Waals surface area contributed by atoms with Gasteiger partial charge in [-0.2, -0.15) is 0 Å². The Bertz CT molecular complexity index is 542. The second-order valence-electron chi connectivity index (χ2n) is 3.92. The predicted molar refractivity (Wildman–Crippen MR) is 70.3 cm³/mol. The van der Waals surface area contributed by atoms with Gasteiger partial charge in [0, 0.05) is 6.04 Å². The highest BCUT2D eigenvalue weighted by Crippen LogP contribution is 2.21. The number of anilines is 2. The molecule has 1 aromatic heterocycles. The number of carbonyl (C=O) groups excluding carboxylic acids is 1. The van der Waals surface area contributed by atoms with Crippen LogP contribution in [0.4, 0.5) is 11.6 Å². The standard InChI is InChI=1S/C13H14N4O/c1-9(10-5-3-2-4-6-10)17-13-11(7-18)12(14)15-8-16-13/h2-9H,1H3,(H3,14,15,16,17)/t9-/m1/s1. The molecule has 2 aromatic rings. The summed E-state index contributed by atoms with van der Waals surface area (Å²) in [4.78, 5) is 18.8. The molecule has 5 heteroatoms. The number of nitrogen functional groups attached to an aromatic ring is 1. The summed E-state index contributed by atoms with van der Waals surface area (Å²) in [5, 5.41) is 3.16. The molecule has 1 aromatic carbocycles. The average molecular weight is 242 g/mol. The minimum atomic E-state index is 0.0270. The first-order valence-electron chi connectivity index (χ1n) is 5.59. The fourth-order valence-corrected chi connectivity index (χ4v) is 1.67. The predicted octanol–water partition coefficient (Wildman–Crippen LogP) is 2.04. The van der Waals surface area contributed by atoms with E-state index in [2.05, 4.69) is 15.3 Å².